The maximum atomic E-state index is 12.4. The van der Waals surface area contributed by atoms with Crippen LogP contribution in [0.3, 0.4) is 0 Å². The number of hydrogen-bond acceptors (Lipinski definition) is 4. The third-order valence-corrected chi connectivity index (χ3v) is 4.01. The van der Waals surface area contributed by atoms with Gasteiger partial charge in [-0.15, -0.1) is 0 Å². The smallest absolute Gasteiger partial charge is 0.449 e. The Balaban J connectivity index is 1.88. The third kappa shape index (κ3) is 5.11. The van der Waals surface area contributed by atoms with Gasteiger partial charge in [-0.3, -0.25) is 4.79 Å². The largest absolute Gasteiger partial charge is 0.454 e. The van der Waals surface area contributed by atoms with Crippen LogP contribution in [-0.2, 0) is 4.74 Å². The van der Waals surface area contributed by atoms with Gasteiger partial charge in [0.2, 0.25) is 0 Å². The van der Waals surface area contributed by atoms with Crippen molar-refractivity contribution < 1.29 is 27.5 Å². The number of hydrogen-bond donors (Lipinski definition) is 0. The van der Waals surface area contributed by atoms with Crippen molar-refractivity contribution in [3.8, 4) is 0 Å². The fourth-order valence-electron chi connectivity index (χ4n) is 2.53. The number of amides is 1. The molecule has 1 heterocycles. The first-order valence-electron chi connectivity index (χ1n) is 8.21. The second kappa shape index (κ2) is 8.22. The van der Waals surface area contributed by atoms with Gasteiger partial charge >= 0.3 is 12.3 Å². The van der Waals surface area contributed by atoms with E-state index in [1.165, 1.54) is 24.3 Å². The van der Waals surface area contributed by atoms with Gasteiger partial charge in [-0.2, -0.15) is 13.2 Å². The van der Waals surface area contributed by atoms with Crippen LogP contribution in [0.1, 0.15) is 30.1 Å². The highest BCUT2D eigenvalue weighted by atomic mass is 19.4. The molecule has 1 aliphatic rings. The summed E-state index contributed by atoms with van der Waals surface area (Å²) in [5.74, 6) is -1.85. The van der Waals surface area contributed by atoms with E-state index in [-0.39, 0.29) is 11.7 Å². The number of halogens is 3. The molecular weight excluding hydrogens is 337 g/mol. The van der Waals surface area contributed by atoms with Crippen molar-refractivity contribution in [3.05, 3.63) is 29.8 Å². The lowest BCUT2D eigenvalue weighted by Crippen LogP contribution is -2.49. The van der Waals surface area contributed by atoms with Crippen molar-refractivity contribution >= 4 is 17.6 Å². The van der Waals surface area contributed by atoms with Crippen LogP contribution in [0, 0.1) is 0 Å². The average molecular weight is 358 g/mol. The minimum atomic E-state index is -4.87. The van der Waals surface area contributed by atoms with Crippen LogP contribution in [0.4, 0.5) is 23.7 Å². The number of ketones is 1. The Morgan fingerprint density at radius 3 is 2.20 bits per heavy atom. The average Bonchev–Trinajstić information content (AvgIpc) is 2.61. The molecule has 0 atom stereocenters. The minimum Gasteiger partial charge on any atom is -0.449 e. The highest BCUT2D eigenvalue weighted by Crippen LogP contribution is 2.24. The quantitative estimate of drug-likeness (QED) is 0.597. The molecule has 25 heavy (non-hydrogen) atoms. The number of ether oxygens (including phenoxy) is 1. The van der Waals surface area contributed by atoms with Gasteiger partial charge < -0.3 is 14.5 Å². The fourth-order valence-corrected chi connectivity index (χ4v) is 2.53. The number of carbonyl (C=O) groups is 2. The maximum absolute atomic E-state index is 12.4. The van der Waals surface area contributed by atoms with Gasteiger partial charge in [0.25, 0.3) is 5.78 Å². The monoisotopic (exact) mass is 358 g/mol. The van der Waals surface area contributed by atoms with E-state index in [1.54, 1.807) is 4.90 Å². The van der Waals surface area contributed by atoms with Crippen molar-refractivity contribution in [2.24, 2.45) is 0 Å². The Kier molecular flexibility index (Phi) is 6.27. The molecule has 0 saturated carbocycles. The second-order valence-corrected chi connectivity index (χ2v) is 5.82. The molecule has 0 aliphatic carbocycles. The Morgan fingerprint density at radius 2 is 1.68 bits per heavy atom. The number of alkyl halides is 3. The molecule has 0 aromatic heterocycles. The van der Waals surface area contributed by atoms with Crippen LogP contribution >= 0.6 is 0 Å². The first-order valence-corrected chi connectivity index (χ1v) is 8.21. The third-order valence-electron chi connectivity index (χ3n) is 4.01. The zero-order valence-electron chi connectivity index (χ0n) is 14.0. The molecule has 138 valence electrons. The summed E-state index contributed by atoms with van der Waals surface area (Å²) in [4.78, 5) is 26.6. The summed E-state index contributed by atoms with van der Waals surface area (Å²) in [6.07, 6.45) is -3.42. The summed E-state index contributed by atoms with van der Waals surface area (Å²) < 4.78 is 42.4. The number of rotatable bonds is 5. The van der Waals surface area contributed by atoms with Gasteiger partial charge in [0.15, 0.2) is 0 Å². The molecule has 1 aliphatic heterocycles. The predicted octanol–water partition coefficient (Wildman–Crippen LogP) is 3.49. The van der Waals surface area contributed by atoms with E-state index in [0.29, 0.717) is 32.8 Å². The van der Waals surface area contributed by atoms with Crippen LogP contribution in [0.5, 0.6) is 0 Å². The molecule has 0 N–H and O–H groups in total. The van der Waals surface area contributed by atoms with E-state index in [0.717, 1.165) is 18.5 Å². The summed E-state index contributed by atoms with van der Waals surface area (Å²) in [7, 11) is 0. The molecule has 0 spiro atoms. The van der Waals surface area contributed by atoms with Gasteiger partial charge in [-0.1, -0.05) is 13.3 Å². The SMILES string of the molecule is CCCCOC(=O)N1CCN(c2ccc(C(=O)C(F)(F)F)cc2)CC1. The van der Waals surface area contributed by atoms with Gasteiger partial charge in [-0.25, -0.2) is 4.79 Å². The Bertz CT molecular complexity index is 594. The molecule has 1 amide bonds. The number of anilines is 1. The lowest BCUT2D eigenvalue weighted by Gasteiger charge is -2.35. The summed E-state index contributed by atoms with van der Waals surface area (Å²) in [5.41, 5.74) is 0.340. The maximum Gasteiger partial charge on any atom is 0.454 e. The van der Waals surface area contributed by atoms with Crippen molar-refractivity contribution in [2.45, 2.75) is 25.9 Å². The topological polar surface area (TPSA) is 49.9 Å². The molecule has 1 aromatic carbocycles. The molecular formula is C17H21F3N2O3. The van der Waals surface area contributed by atoms with Crippen molar-refractivity contribution in [2.75, 3.05) is 37.7 Å². The summed E-state index contributed by atoms with van der Waals surface area (Å²) in [6, 6.07) is 5.34. The normalized spacial score (nSPS) is 15.2. The molecule has 1 aromatic rings. The number of Topliss-reactive ketones (excluding diaryl/α,β-unsaturated/α-hetero) is 1. The fraction of sp³-hybridized carbons (Fsp3) is 0.529. The molecule has 0 unspecified atom stereocenters. The lowest BCUT2D eigenvalue weighted by atomic mass is 10.1. The molecule has 0 radical (unpaired) electrons. The zero-order valence-corrected chi connectivity index (χ0v) is 14.0. The Morgan fingerprint density at radius 1 is 1.08 bits per heavy atom. The lowest BCUT2D eigenvalue weighted by molar-refractivity contribution is -0.0885. The Labute approximate surface area is 144 Å². The van der Waals surface area contributed by atoms with Crippen LogP contribution in [0.25, 0.3) is 0 Å². The number of piperazine rings is 1. The van der Waals surface area contributed by atoms with E-state index in [2.05, 4.69) is 0 Å². The van der Waals surface area contributed by atoms with E-state index < -0.39 is 12.0 Å². The second-order valence-electron chi connectivity index (χ2n) is 5.82. The van der Waals surface area contributed by atoms with Crippen molar-refractivity contribution in [1.82, 2.24) is 4.90 Å². The molecule has 8 heteroatoms. The van der Waals surface area contributed by atoms with Gasteiger partial charge in [-0.05, 0) is 30.7 Å². The number of unbranched alkanes of at least 4 members (excludes halogenated alkanes) is 1. The van der Waals surface area contributed by atoms with Crippen LogP contribution in [0.15, 0.2) is 24.3 Å². The molecule has 1 saturated heterocycles. The first kappa shape index (κ1) is 19.1. The van der Waals surface area contributed by atoms with Gasteiger partial charge in [0.05, 0.1) is 6.61 Å². The highest BCUT2D eigenvalue weighted by Gasteiger charge is 2.39. The highest BCUT2D eigenvalue weighted by molar-refractivity contribution is 6.00. The minimum absolute atomic E-state index is 0.334. The van der Waals surface area contributed by atoms with E-state index in [1.807, 2.05) is 11.8 Å². The molecule has 5 nitrogen and oxygen atoms in total. The molecule has 0 bridgehead atoms. The first-order chi connectivity index (χ1) is 11.8. The standard InChI is InChI=1S/C17H21F3N2O3/c1-2-3-12-25-16(24)22-10-8-21(9-11-22)14-6-4-13(5-7-14)15(23)17(18,19)20/h4-7H,2-3,8-12H2,1H3. The van der Waals surface area contributed by atoms with Gasteiger partial charge in [0.1, 0.15) is 0 Å². The summed E-state index contributed by atoms with van der Waals surface area (Å²) >= 11 is 0. The zero-order chi connectivity index (χ0) is 18.4. The van der Waals surface area contributed by atoms with Crippen LogP contribution in [-0.4, -0.2) is 55.7 Å². The number of benzene rings is 1. The predicted molar refractivity (Wildman–Crippen MR) is 86.9 cm³/mol. The number of carbonyl (C=O) groups excluding carboxylic acids is 2. The van der Waals surface area contributed by atoms with E-state index in [9.17, 15) is 22.8 Å². The molecule has 2 rings (SSSR count). The van der Waals surface area contributed by atoms with E-state index in [4.69, 9.17) is 4.74 Å². The number of nitrogens with zero attached hydrogens (tertiary/aromatic N) is 2. The summed E-state index contributed by atoms with van der Waals surface area (Å²) in [6.45, 7) is 4.48. The van der Waals surface area contributed by atoms with Crippen molar-refractivity contribution in [1.29, 1.82) is 0 Å². The van der Waals surface area contributed by atoms with Gasteiger partial charge in [0, 0.05) is 37.4 Å². The van der Waals surface area contributed by atoms with Crippen LogP contribution in [0.2, 0.25) is 0 Å². The van der Waals surface area contributed by atoms with Crippen LogP contribution < -0.4 is 4.90 Å². The summed E-state index contributed by atoms with van der Waals surface area (Å²) in [5, 5.41) is 0. The van der Waals surface area contributed by atoms with E-state index >= 15 is 0 Å². The van der Waals surface area contributed by atoms with Crippen molar-refractivity contribution in [3.63, 3.8) is 0 Å². The molecule has 1 fully saturated rings. The Hall–Kier alpha value is -2.25.